The summed E-state index contributed by atoms with van der Waals surface area (Å²) in [5, 5.41) is -0.207. The van der Waals surface area contributed by atoms with Gasteiger partial charge in [0.05, 0.1) is 5.25 Å². The average Bonchev–Trinajstić information content (AvgIpc) is 2.17. The lowest BCUT2D eigenvalue weighted by atomic mass is 9.85. The van der Waals surface area contributed by atoms with Crippen LogP contribution in [0, 0.1) is 5.92 Å². The number of ketones is 1. The van der Waals surface area contributed by atoms with E-state index in [1.807, 2.05) is 6.92 Å². The molecule has 88 valence electrons. The van der Waals surface area contributed by atoms with Gasteiger partial charge >= 0.3 is 0 Å². The quantitative estimate of drug-likeness (QED) is 0.744. The smallest absolute Gasteiger partial charge is 0.150 e. The van der Waals surface area contributed by atoms with Crippen LogP contribution in [0.3, 0.4) is 0 Å². The summed E-state index contributed by atoms with van der Waals surface area (Å²) in [6.07, 6.45) is 5.86. The molecule has 2 unspecified atom stereocenters. The van der Waals surface area contributed by atoms with E-state index in [1.165, 1.54) is 6.26 Å². The largest absolute Gasteiger partial charge is 0.300 e. The highest BCUT2D eigenvalue weighted by molar-refractivity contribution is 7.91. The zero-order chi connectivity index (χ0) is 11.5. The SMILES string of the molecule is CCC(=O)CC1CCCC(S(C)(=O)=O)C1. The van der Waals surface area contributed by atoms with Crippen LogP contribution in [0.1, 0.15) is 45.4 Å². The standard InChI is InChI=1S/C11H20O3S/c1-3-10(12)7-9-5-4-6-11(8-9)15(2,13)14/h9,11H,3-8H2,1-2H3. The van der Waals surface area contributed by atoms with Crippen LogP contribution in [0.25, 0.3) is 0 Å². The molecule has 4 heteroatoms. The van der Waals surface area contributed by atoms with Crippen molar-refractivity contribution in [1.29, 1.82) is 0 Å². The van der Waals surface area contributed by atoms with Gasteiger partial charge in [-0.1, -0.05) is 13.3 Å². The second-order valence-electron chi connectivity index (χ2n) is 4.58. The van der Waals surface area contributed by atoms with Crippen molar-refractivity contribution in [3.63, 3.8) is 0 Å². The Bertz CT molecular complexity index is 319. The molecule has 0 spiro atoms. The van der Waals surface area contributed by atoms with Crippen molar-refractivity contribution in [3.8, 4) is 0 Å². The van der Waals surface area contributed by atoms with Crippen LogP contribution in [0.5, 0.6) is 0 Å². The van der Waals surface area contributed by atoms with Gasteiger partial charge in [0.1, 0.15) is 15.6 Å². The molecular formula is C11H20O3S. The summed E-state index contributed by atoms with van der Waals surface area (Å²) < 4.78 is 22.8. The fraction of sp³-hybridized carbons (Fsp3) is 0.909. The number of carbonyl (C=O) groups is 1. The lowest BCUT2D eigenvalue weighted by Gasteiger charge is -2.27. The van der Waals surface area contributed by atoms with Crippen molar-refractivity contribution in [3.05, 3.63) is 0 Å². The molecule has 0 N–H and O–H groups in total. The highest BCUT2D eigenvalue weighted by atomic mass is 32.2. The van der Waals surface area contributed by atoms with Crippen LogP contribution in [0.2, 0.25) is 0 Å². The predicted molar refractivity (Wildman–Crippen MR) is 60.5 cm³/mol. The topological polar surface area (TPSA) is 51.2 Å². The van der Waals surface area contributed by atoms with E-state index in [4.69, 9.17) is 0 Å². The van der Waals surface area contributed by atoms with Gasteiger partial charge in [-0.05, 0) is 25.2 Å². The molecule has 0 aromatic carbocycles. The maximum atomic E-state index is 11.4. The van der Waals surface area contributed by atoms with Gasteiger partial charge in [0.25, 0.3) is 0 Å². The van der Waals surface area contributed by atoms with Crippen molar-refractivity contribution in [2.75, 3.05) is 6.26 Å². The van der Waals surface area contributed by atoms with Gasteiger partial charge in [-0.2, -0.15) is 0 Å². The molecule has 1 fully saturated rings. The molecule has 0 aromatic heterocycles. The summed E-state index contributed by atoms with van der Waals surface area (Å²) >= 11 is 0. The third-order valence-electron chi connectivity index (χ3n) is 3.25. The van der Waals surface area contributed by atoms with E-state index in [2.05, 4.69) is 0 Å². The Labute approximate surface area is 92.2 Å². The van der Waals surface area contributed by atoms with Crippen LogP contribution < -0.4 is 0 Å². The number of rotatable bonds is 4. The molecule has 3 nitrogen and oxygen atoms in total. The number of Topliss-reactive ketones (excluding diaryl/α,β-unsaturated/α-hetero) is 1. The molecule has 0 aromatic rings. The molecular weight excluding hydrogens is 212 g/mol. The minimum atomic E-state index is -2.91. The highest BCUT2D eigenvalue weighted by Crippen LogP contribution is 2.30. The van der Waals surface area contributed by atoms with Crippen LogP contribution in [-0.4, -0.2) is 25.7 Å². The van der Waals surface area contributed by atoms with Gasteiger partial charge < -0.3 is 0 Å². The Hall–Kier alpha value is -0.380. The summed E-state index contributed by atoms with van der Waals surface area (Å²) in [6, 6.07) is 0. The fourth-order valence-electron chi connectivity index (χ4n) is 2.28. The van der Waals surface area contributed by atoms with E-state index < -0.39 is 9.84 Å². The summed E-state index contributed by atoms with van der Waals surface area (Å²) in [5.74, 6) is 0.556. The van der Waals surface area contributed by atoms with E-state index in [-0.39, 0.29) is 11.0 Å². The summed E-state index contributed by atoms with van der Waals surface area (Å²) in [5.41, 5.74) is 0. The van der Waals surface area contributed by atoms with Gasteiger partial charge in [-0.3, -0.25) is 4.79 Å². The fourth-order valence-corrected chi connectivity index (χ4v) is 3.50. The maximum Gasteiger partial charge on any atom is 0.150 e. The molecule has 0 amide bonds. The molecule has 1 rings (SSSR count). The molecule has 0 saturated heterocycles. The number of sulfone groups is 1. The first-order chi connectivity index (χ1) is 6.93. The van der Waals surface area contributed by atoms with Crippen molar-refractivity contribution >= 4 is 15.6 Å². The normalized spacial score (nSPS) is 27.6. The molecule has 15 heavy (non-hydrogen) atoms. The predicted octanol–water partition coefficient (Wildman–Crippen LogP) is 1.96. The number of hydrogen-bond acceptors (Lipinski definition) is 3. The Kier molecular flexibility index (Phi) is 4.32. The molecule has 0 radical (unpaired) electrons. The Morgan fingerprint density at radius 2 is 2.00 bits per heavy atom. The summed E-state index contributed by atoms with van der Waals surface area (Å²) in [7, 11) is -2.91. The Balaban J connectivity index is 2.53. The average molecular weight is 232 g/mol. The lowest BCUT2D eigenvalue weighted by molar-refractivity contribution is -0.119. The van der Waals surface area contributed by atoms with Crippen LogP contribution >= 0.6 is 0 Å². The minimum Gasteiger partial charge on any atom is -0.300 e. The van der Waals surface area contributed by atoms with Crippen molar-refractivity contribution in [1.82, 2.24) is 0 Å². The summed E-state index contributed by atoms with van der Waals surface area (Å²) in [4.78, 5) is 11.3. The minimum absolute atomic E-state index is 0.207. The van der Waals surface area contributed by atoms with E-state index in [1.54, 1.807) is 0 Å². The molecule has 0 heterocycles. The molecule has 1 aliphatic rings. The van der Waals surface area contributed by atoms with Crippen LogP contribution in [-0.2, 0) is 14.6 Å². The van der Waals surface area contributed by atoms with Gasteiger partial charge in [-0.15, -0.1) is 0 Å². The first-order valence-corrected chi connectivity index (χ1v) is 7.59. The number of carbonyl (C=O) groups excluding carboxylic acids is 1. The zero-order valence-electron chi connectivity index (χ0n) is 9.53. The van der Waals surface area contributed by atoms with E-state index in [9.17, 15) is 13.2 Å². The second kappa shape index (κ2) is 5.10. The van der Waals surface area contributed by atoms with Gasteiger partial charge in [0, 0.05) is 19.1 Å². The van der Waals surface area contributed by atoms with Crippen molar-refractivity contribution in [2.45, 2.75) is 50.7 Å². The van der Waals surface area contributed by atoms with Gasteiger partial charge in [-0.25, -0.2) is 8.42 Å². The molecule has 0 bridgehead atoms. The van der Waals surface area contributed by atoms with E-state index in [0.29, 0.717) is 25.2 Å². The van der Waals surface area contributed by atoms with Crippen molar-refractivity contribution < 1.29 is 13.2 Å². The first-order valence-electron chi connectivity index (χ1n) is 5.64. The van der Waals surface area contributed by atoms with Gasteiger partial charge in [0.15, 0.2) is 0 Å². The second-order valence-corrected chi connectivity index (χ2v) is 6.91. The lowest BCUT2D eigenvalue weighted by Crippen LogP contribution is -2.28. The van der Waals surface area contributed by atoms with Gasteiger partial charge in [0.2, 0.25) is 0 Å². The van der Waals surface area contributed by atoms with E-state index >= 15 is 0 Å². The van der Waals surface area contributed by atoms with E-state index in [0.717, 1.165) is 19.3 Å². The maximum absolute atomic E-state index is 11.4. The molecule has 1 saturated carbocycles. The molecule has 0 aliphatic heterocycles. The monoisotopic (exact) mass is 232 g/mol. The third-order valence-corrected chi connectivity index (χ3v) is 4.89. The first kappa shape index (κ1) is 12.7. The molecule has 2 atom stereocenters. The van der Waals surface area contributed by atoms with Crippen LogP contribution in [0.15, 0.2) is 0 Å². The molecule has 1 aliphatic carbocycles. The third kappa shape index (κ3) is 3.93. The number of hydrogen-bond donors (Lipinski definition) is 0. The Morgan fingerprint density at radius 3 is 2.53 bits per heavy atom. The zero-order valence-corrected chi connectivity index (χ0v) is 10.3. The van der Waals surface area contributed by atoms with Crippen molar-refractivity contribution in [2.24, 2.45) is 5.92 Å². The highest BCUT2D eigenvalue weighted by Gasteiger charge is 2.29. The summed E-state index contributed by atoms with van der Waals surface area (Å²) in [6.45, 7) is 1.86. The van der Waals surface area contributed by atoms with Crippen LogP contribution in [0.4, 0.5) is 0 Å². The Morgan fingerprint density at radius 1 is 1.33 bits per heavy atom.